The minimum absolute atomic E-state index is 0.0844. The van der Waals surface area contributed by atoms with Crippen molar-refractivity contribution in [2.24, 2.45) is 0 Å². The Bertz CT molecular complexity index is 1940. The third kappa shape index (κ3) is 5.48. The Balaban J connectivity index is 0.968. The van der Waals surface area contributed by atoms with E-state index >= 15 is 0 Å². The van der Waals surface area contributed by atoms with Crippen LogP contribution >= 0.6 is 0 Å². The van der Waals surface area contributed by atoms with Crippen molar-refractivity contribution in [1.82, 2.24) is 24.9 Å². The van der Waals surface area contributed by atoms with Crippen molar-refractivity contribution in [2.75, 3.05) is 23.3 Å². The van der Waals surface area contributed by atoms with Crippen LogP contribution in [-0.4, -0.2) is 79.7 Å². The largest absolute Gasteiger partial charge is 0.417 e. The summed E-state index contributed by atoms with van der Waals surface area (Å²) in [5.41, 5.74) is -0.00309. The molecule has 2 fully saturated rings. The third-order valence-corrected chi connectivity index (χ3v) is 9.72. The topological polar surface area (TPSA) is 164 Å². The number of piperidine rings is 1. The van der Waals surface area contributed by atoms with Crippen molar-refractivity contribution in [3.05, 3.63) is 76.1 Å². The molecular formula is C33H31F3N8O5. The second kappa shape index (κ2) is 11.4. The van der Waals surface area contributed by atoms with Gasteiger partial charge in [0.2, 0.25) is 5.91 Å². The Morgan fingerprint density at radius 1 is 1.04 bits per heavy atom. The number of hydrogen-bond donors (Lipinski definition) is 3. The summed E-state index contributed by atoms with van der Waals surface area (Å²) in [5.74, 6) is -2.19. The van der Waals surface area contributed by atoms with E-state index in [0.717, 1.165) is 34.0 Å². The van der Waals surface area contributed by atoms with Crippen LogP contribution in [0.15, 0.2) is 42.6 Å². The molecule has 1 aromatic heterocycles. The summed E-state index contributed by atoms with van der Waals surface area (Å²) in [6.45, 7) is 5.67. The molecule has 2 saturated heterocycles. The first-order valence-electron chi connectivity index (χ1n) is 15.7. The van der Waals surface area contributed by atoms with E-state index in [1.807, 2.05) is 0 Å². The first kappa shape index (κ1) is 32.3. The minimum Gasteiger partial charge on any atom is -0.374 e. The second-order valence-electron chi connectivity index (χ2n) is 13.2. The van der Waals surface area contributed by atoms with Gasteiger partial charge in [0.05, 0.1) is 34.0 Å². The molecule has 3 aromatic rings. The summed E-state index contributed by atoms with van der Waals surface area (Å²) in [4.78, 5) is 57.2. The molecule has 0 radical (unpaired) electrons. The van der Waals surface area contributed by atoms with Crippen LogP contribution in [0.1, 0.15) is 69.8 Å². The molecule has 254 valence electrons. The number of nitrogens with one attached hydrogen (secondary N) is 2. The fraction of sp³-hybridized carbons (Fsp3) is 0.394. The first-order valence-corrected chi connectivity index (χ1v) is 15.7. The van der Waals surface area contributed by atoms with Crippen LogP contribution in [0.4, 0.5) is 24.5 Å². The smallest absolute Gasteiger partial charge is 0.374 e. The average Bonchev–Trinajstić information content (AvgIpc) is 3.67. The summed E-state index contributed by atoms with van der Waals surface area (Å²) in [5, 5.41) is 28.3. The molecule has 0 spiro atoms. The fourth-order valence-corrected chi connectivity index (χ4v) is 6.71. The van der Waals surface area contributed by atoms with Gasteiger partial charge in [-0.25, -0.2) is 0 Å². The summed E-state index contributed by atoms with van der Waals surface area (Å²) in [6.07, 6.45) is -3.55. The lowest BCUT2D eigenvalue weighted by atomic mass is 10.0. The molecule has 2 aromatic carbocycles. The first-order chi connectivity index (χ1) is 23.1. The number of imide groups is 1. The van der Waals surface area contributed by atoms with E-state index in [0.29, 0.717) is 26.2 Å². The Labute approximate surface area is 277 Å². The van der Waals surface area contributed by atoms with E-state index in [1.165, 1.54) is 16.8 Å². The molecule has 3 N–H and O–H groups in total. The maximum Gasteiger partial charge on any atom is 0.417 e. The van der Waals surface area contributed by atoms with Gasteiger partial charge < -0.3 is 20.6 Å². The van der Waals surface area contributed by atoms with Gasteiger partial charge in [0.1, 0.15) is 17.8 Å². The zero-order chi connectivity index (χ0) is 35.0. The van der Waals surface area contributed by atoms with Gasteiger partial charge in [0.25, 0.3) is 17.7 Å². The van der Waals surface area contributed by atoms with E-state index < -0.39 is 58.7 Å². The molecule has 2 unspecified atom stereocenters. The molecule has 13 nitrogen and oxygen atoms in total. The molecule has 5 heterocycles. The van der Waals surface area contributed by atoms with Crippen molar-refractivity contribution in [2.45, 2.75) is 69.8 Å². The van der Waals surface area contributed by atoms with E-state index in [1.54, 1.807) is 38.2 Å². The summed E-state index contributed by atoms with van der Waals surface area (Å²) < 4.78 is 41.7. The Morgan fingerprint density at radius 2 is 1.78 bits per heavy atom. The van der Waals surface area contributed by atoms with Crippen molar-refractivity contribution in [1.29, 1.82) is 5.26 Å². The normalized spacial score (nSPS) is 21.3. The standard InChI is InChI=1S/C33H31F3N8O5/c1-32(2,31(49)38-19-4-3-17(11-37)24(9-19)33(34,35)36)43-13-18-12-41(16-25(18)40-43)21-14-42(15-21)20-5-6-22-23(10-20)30(48)44(29(22)47)26-7-8-27(45)39-28(26)46/h3-6,9-10,13,21,26-27,45H,7-8,12,14-16H2,1-2H3,(H,38,49)(H,39,46). The van der Waals surface area contributed by atoms with Crippen molar-refractivity contribution >= 4 is 35.0 Å². The van der Waals surface area contributed by atoms with Crippen LogP contribution in [0, 0.1) is 11.3 Å². The molecule has 0 aliphatic carbocycles. The summed E-state index contributed by atoms with van der Waals surface area (Å²) >= 11 is 0. The number of hydrogen-bond acceptors (Lipinski definition) is 9. The van der Waals surface area contributed by atoms with E-state index in [4.69, 9.17) is 5.26 Å². The number of aliphatic hydroxyl groups is 1. The lowest BCUT2D eigenvalue weighted by molar-refractivity contribution is -0.137. The number of benzene rings is 2. The highest BCUT2D eigenvalue weighted by Crippen LogP contribution is 2.36. The number of nitriles is 1. The highest BCUT2D eigenvalue weighted by atomic mass is 19.4. The van der Waals surface area contributed by atoms with Gasteiger partial charge in [-0.2, -0.15) is 23.5 Å². The van der Waals surface area contributed by atoms with Gasteiger partial charge in [-0.05, 0) is 63.1 Å². The maximum atomic E-state index is 13.4. The molecule has 7 rings (SSSR count). The molecule has 4 amide bonds. The number of anilines is 2. The molecule has 2 atom stereocenters. The quantitative estimate of drug-likeness (QED) is 0.333. The van der Waals surface area contributed by atoms with Gasteiger partial charge in [0, 0.05) is 55.4 Å². The van der Waals surface area contributed by atoms with Crippen molar-refractivity contribution in [3.63, 3.8) is 0 Å². The predicted molar refractivity (Wildman–Crippen MR) is 166 cm³/mol. The lowest BCUT2D eigenvalue weighted by Crippen LogP contribution is -2.58. The number of carbonyl (C=O) groups is 4. The molecule has 0 saturated carbocycles. The number of alkyl halides is 3. The Kier molecular flexibility index (Phi) is 7.52. The number of aromatic nitrogens is 2. The minimum atomic E-state index is -4.75. The highest BCUT2D eigenvalue weighted by molar-refractivity contribution is 6.23. The molecule has 16 heteroatoms. The summed E-state index contributed by atoms with van der Waals surface area (Å²) in [7, 11) is 0. The second-order valence-corrected chi connectivity index (χ2v) is 13.2. The van der Waals surface area contributed by atoms with Gasteiger partial charge in [0.15, 0.2) is 0 Å². The van der Waals surface area contributed by atoms with E-state index in [9.17, 15) is 37.5 Å². The van der Waals surface area contributed by atoms with Crippen LogP contribution in [0.2, 0.25) is 0 Å². The van der Waals surface area contributed by atoms with Gasteiger partial charge in [-0.1, -0.05) is 0 Å². The third-order valence-electron chi connectivity index (χ3n) is 9.72. The van der Waals surface area contributed by atoms with Crippen LogP contribution < -0.4 is 15.5 Å². The maximum absolute atomic E-state index is 13.4. The molecule has 49 heavy (non-hydrogen) atoms. The van der Waals surface area contributed by atoms with Crippen LogP contribution in [0.25, 0.3) is 0 Å². The number of amides is 4. The predicted octanol–water partition coefficient (Wildman–Crippen LogP) is 2.54. The van der Waals surface area contributed by atoms with Crippen LogP contribution in [0.3, 0.4) is 0 Å². The zero-order valence-corrected chi connectivity index (χ0v) is 26.4. The zero-order valence-electron chi connectivity index (χ0n) is 26.4. The van der Waals surface area contributed by atoms with E-state index in [2.05, 4.69) is 25.5 Å². The van der Waals surface area contributed by atoms with E-state index in [-0.39, 0.29) is 35.7 Å². The highest BCUT2D eigenvalue weighted by Gasteiger charge is 2.45. The lowest BCUT2D eigenvalue weighted by Gasteiger charge is -2.45. The molecule has 4 aliphatic heterocycles. The van der Waals surface area contributed by atoms with Gasteiger partial charge in [-0.3, -0.25) is 33.7 Å². The molecule has 4 aliphatic rings. The molecular weight excluding hydrogens is 645 g/mol. The van der Waals surface area contributed by atoms with Crippen molar-refractivity contribution < 1.29 is 37.5 Å². The number of halogens is 3. The number of aliphatic hydroxyl groups excluding tert-OH is 1. The number of fused-ring (bicyclic) bond motifs is 2. The summed E-state index contributed by atoms with van der Waals surface area (Å²) in [6, 6.07) is 8.82. The van der Waals surface area contributed by atoms with Crippen LogP contribution in [0.5, 0.6) is 0 Å². The van der Waals surface area contributed by atoms with Crippen LogP contribution in [-0.2, 0) is 34.4 Å². The number of nitrogens with zero attached hydrogens (tertiary/aromatic N) is 6. The molecule has 0 bridgehead atoms. The average molecular weight is 677 g/mol. The van der Waals surface area contributed by atoms with Gasteiger partial charge in [-0.15, -0.1) is 0 Å². The SMILES string of the molecule is CC(C)(C(=O)Nc1ccc(C#N)c(C(F)(F)F)c1)n1cc2c(n1)CN(C1CN(c3ccc4c(c3)C(=O)N(C3CCC(O)NC3=O)C4=O)C1)C2. The number of carbonyl (C=O) groups excluding carboxylic acids is 4. The van der Waals surface area contributed by atoms with Gasteiger partial charge >= 0.3 is 6.18 Å². The Morgan fingerprint density at radius 3 is 2.45 bits per heavy atom. The number of rotatable bonds is 6. The fourth-order valence-electron chi connectivity index (χ4n) is 6.71. The Hall–Kier alpha value is -5.27. The van der Waals surface area contributed by atoms with Crippen molar-refractivity contribution in [3.8, 4) is 6.07 Å². The monoisotopic (exact) mass is 676 g/mol.